The van der Waals surface area contributed by atoms with Crippen molar-refractivity contribution >= 4 is 17.6 Å². The lowest BCUT2D eigenvalue weighted by molar-refractivity contribution is -0.143. The molecule has 7 nitrogen and oxygen atoms in total. The van der Waals surface area contributed by atoms with Crippen molar-refractivity contribution in [1.29, 1.82) is 0 Å². The van der Waals surface area contributed by atoms with E-state index < -0.39 is 30.0 Å². The van der Waals surface area contributed by atoms with Crippen LogP contribution in [0.4, 0.5) is 0 Å². The van der Waals surface area contributed by atoms with Crippen molar-refractivity contribution in [3.63, 3.8) is 0 Å². The predicted molar refractivity (Wildman–Crippen MR) is 97.3 cm³/mol. The van der Waals surface area contributed by atoms with Gasteiger partial charge < -0.3 is 24.7 Å². The highest BCUT2D eigenvalue weighted by Gasteiger charge is 2.40. The van der Waals surface area contributed by atoms with E-state index >= 15 is 0 Å². The maximum absolute atomic E-state index is 12.7. The van der Waals surface area contributed by atoms with Crippen molar-refractivity contribution in [2.24, 2.45) is 5.73 Å². The molecule has 2 heterocycles. The highest BCUT2D eigenvalue weighted by Crippen LogP contribution is 2.43. The molecule has 8 heteroatoms. The Hall–Kier alpha value is -2.77. The SMILES string of the molecule is CC(C)OC(=O)C1=C(N)Oc2c(oc(CO)cc2=O)[C@@H]1c1ccccc1Cl. The van der Waals surface area contributed by atoms with E-state index in [0.717, 1.165) is 6.07 Å². The van der Waals surface area contributed by atoms with Gasteiger partial charge in [0.15, 0.2) is 5.76 Å². The van der Waals surface area contributed by atoms with Gasteiger partial charge in [0.2, 0.25) is 17.1 Å². The Morgan fingerprint density at radius 3 is 2.70 bits per heavy atom. The zero-order chi connectivity index (χ0) is 19.7. The van der Waals surface area contributed by atoms with Crippen molar-refractivity contribution < 1.29 is 23.8 Å². The molecule has 0 amide bonds. The van der Waals surface area contributed by atoms with Crippen LogP contribution in [0.25, 0.3) is 0 Å². The minimum absolute atomic E-state index is 0.0245. The van der Waals surface area contributed by atoms with E-state index in [-0.39, 0.29) is 28.7 Å². The summed E-state index contributed by atoms with van der Waals surface area (Å²) in [5.74, 6) is -2.00. The first kappa shape index (κ1) is 19.0. The van der Waals surface area contributed by atoms with Crippen LogP contribution >= 0.6 is 11.6 Å². The summed E-state index contributed by atoms with van der Waals surface area (Å²) in [5.41, 5.74) is 5.90. The zero-order valence-electron chi connectivity index (χ0n) is 14.7. The number of rotatable bonds is 4. The molecule has 1 aromatic heterocycles. The number of hydrogen-bond acceptors (Lipinski definition) is 7. The van der Waals surface area contributed by atoms with Crippen LogP contribution in [0.2, 0.25) is 5.02 Å². The van der Waals surface area contributed by atoms with Crippen LogP contribution in [-0.2, 0) is 16.1 Å². The summed E-state index contributed by atoms with van der Waals surface area (Å²) in [6.45, 7) is 2.89. The molecule has 2 aromatic rings. The largest absolute Gasteiger partial charge is 0.459 e. The predicted octanol–water partition coefficient (Wildman–Crippen LogP) is 2.43. The number of hydrogen-bond donors (Lipinski definition) is 2. The standard InChI is InChI=1S/C19H18ClNO6/c1-9(2)25-19(24)15-14(11-5-3-4-6-12(11)20)17-16(27-18(15)21)13(23)7-10(8-22)26-17/h3-7,9,14,22H,8,21H2,1-2H3/t14-/m1/s1. The van der Waals surface area contributed by atoms with Crippen molar-refractivity contribution in [2.45, 2.75) is 32.5 Å². The normalized spacial score (nSPS) is 16.1. The van der Waals surface area contributed by atoms with Gasteiger partial charge >= 0.3 is 5.97 Å². The Balaban J connectivity index is 2.28. The van der Waals surface area contributed by atoms with E-state index in [9.17, 15) is 14.7 Å². The summed E-state index contributed by atoms with van der Waals surface area (Å²) in [5, 5.41) is 9.74. The van der Waals surface area contributed by atoms with Gasteiger partial charge in [0.05, 0.1) is 12.0 Å². The maximum Gasteiger partial charge on any atom is 0.340 e. The summed E-state index contributed by atoms with van der Waals surface area (Å²) in [6, 6.07) is 7.88. The number of esters is 1. The number of aliphatic hydroxyl groups is 1. The van der Waals surface area contributed by atoms with Crippen molar-refractivity contribution in [2.75, 3.05) is 0 Å². The third-order valence-electron chi connectivity index (χ3n) is 3.94. The molecule has 0 aliphatic carbocycles. The number of fused-ring (bicyclic) bond motifs is 1. The second-order valence-corrected chi connectivity index (χ2v) is 6.62. The van der Waals surface area contributed by atoms with E-state index in [1.54, 1.807) is 38.1 Å². The minimum Gasteiger partial charge on any atom is -0.459 e. The average Bonchev–Trinajstić information content (AvgIpc) is 2.61. The third kappa shape index (κ3) is 3.56. The molecule has 1 aromatic carbocycles. The van der Waals surface area contributed by atoms with Crippen LogP contribution in [-0.4, -0.2) is 17.2 Å². The maximum atomic E-state index is 12.7. The van der Waals surface area contributed by atoms with Crippen molar-refractivity contribution in [3.05, 3.63) is 74.1 Å². The molecule has 142 valence electrons. The molecule has 0 saturated heterocycles. The number of halogens is 1. The molecular weight excluding hydrogens is 374 g/mol. The summed E-state index contributed by atoms with van der Waals surface area (Å²) < 4.78 is 16.3. The number of carbonyl (C=O) groups excluding carboxylic acids is 1. The van der Waals surface area contributed by atoms with Crippen LogP contribution in [0.3, 0.4) is 0 Å². The molecule has 3 N–H and O–H groups in total. The van der Waals surface area contributed by atoms with Gasteiger partial charge in [0.1, 0.15) is 17.9 Å². The van der Waals surface area contributed by atoms with Gasteiger partial charge in [-0.15, -0.1) is 0 Å². The van der Waals surface area contributed by atoms with Crippen LogP contribution in [0.5, 0.6) is 5.75 Å². The Kier molecular flexibility index (Phi) is 5.25. The minimum atomic E-state index is -0.923. The average molecular weight is 392 g/mol. The first-order valence-corrected chi connectivity index (χ1v) is 8.62. The highest BCUT2D eigenvalue weighted by molar-refractivity contribution is 6.31. The van der Waals surface area contributed by atoms with Crippen LogP contribution in [0, 0.1) is 0 Å². The Labute approximate surface area is 160 Å². The first-order valence-electron chi connectivity index (χ1n) is 8.24. The van der Waals surface area contributed by atoms with Gasteiger partial charge in [0, 0.05) is 11.1 Å². The van der Waals surface area contributed by atoms with Gasteiger partial charge in [-0.3, -0.25) is 4.79 Å². The third-order valence-corrected chi connectivity index (χ3v) is 4.29. The molecule has 3 rings (SSSR count). The smallest absolute Gasteiger partial charge is 0.340 e. The molecule has 0 saturated carbocycles. The van der Waals surface area contributed by atoms with Gasteiger partial charge in [-0.25, -0.2) is 4.79 Å². The Morgan fingerprint density at radius 1 is 1.37 bits per heavy atom. The summed E-state index contributed by atoms with van der Waals surface area (Å²) in [4.78, 5) is 25.1. The Morgan fingerprint density at radius 2 is 2.07 bits per heavy atom. The van der Waals surface area contributed by atoms with Crippen LogP contribution < -0.4 is 15.9 Å². The number of benzene rings is 1. The van der Waals surface area contributed by atoms with Gasteiger partial charge in [-0.1, -0.05) is 29.8 Å². The van der Waals surface area contributed by atoms with E-state index in [2.05, 4.69) is 0 Å². The van der Waals surface area contributed by atoms with Gasteiger partial charge in [0.25, 0.3) is 0 Å². The molecule has 0 spiro atoms. The lowest BCUT2D eigenvalue weighted by Crippen LogP contribution is -2.31. The second kappa shape index (κ2) is 7.46. The van der Waals surface area contributed by atoms with E-state index in [0.29, 0.717) is 10.6 Å². The topological polar surface area (TPSA) is 112 Å². The summed E-state index contributed by atoms with van der Waals surface area (Å²) in [7, 11) is 0. The molecule has 1 aliphatic rings. The molecule has 1 atom stereocenters. The van der Waals surface area contributed by atoms with Crippen molar-refractivity contribution in [3.8, 4) is 5.75 Å². The zero-order valence-corrected chi connectivity index (χ0v) is 15.4. The number of aliphatic hydroxyl groups excluding tert-OH is 1. The summed E-state index contributed by atoms with van der Waals surface area (Å²) >= 11 is 6.34. The second-order valence-electron chi connectivity index (χ2n) is 6.22. The molecule has 27 heavy (non-hydrogen) atoms. The lowest BCUT2D eigenvalue weighted by atomic mass is 9.86. The highest BCUT2D eigenvalue weighted by atomic mass is 35.5. The van der Waals surface area contributed by atoms with E-state index in [4.69, 9.17) is 31.2 Å². The lowest BCUT2D eigenvalue weighted by Gasteiger charge is -2.27. The fourth-order valence-electron chi connectivity index (χ4n) is 2.86. The molecular formula is C19H18ClNO6. The molecule has 0 unspecified atom stereocenters. The number of carbonyl (C=O) groups is 1. The van der Waals surface area contributed by atoms with E-state index in [1.165, 1.54) is 0 Å². The van der Waals surface area contributed by atoms with Gasteiger partial charge in [-0.2, -0.15) is 0 Å². The molecule has 0 fully saturated rings. The quantitative estimate of drug-likeness (QED) is 0.769. The molecule has 0 radical (unpaired) electrons. The molecule has 0 bridgehead atoms. The summed E-state index contributed by atoms with van der Waals surface area (Å²) in [6.07, 6.45) is -0.401. The monoisotopic (exact) mass is 391 g/mol. The molecule has 1 aliphatic heterocycles. The number of ether oxygens (including phenoxy) is 2. The fraction of sp³-hybridized carbons (Fsp3) is 0.263. The van der Waals surface area contributed by atoms with Crippen molar-refractivity contribution in [1.82, 2.24) is 0 Å². The van der Waals surface area contributed by atoms with Crippen LogP contribution in [0.15, 0.2) is 51.0 Å². The van der Waals surface area contributed by atoms with Crippen LogP contribution in [0.1, 0.15) is 36.8 Å². The Bertz CT molecular complexity index is 978. The van der Waals surface area contributed by atoms with Gasteiger partial charge in [-0.05, 0) is 25.5 Å². The fourth-order valence-corrected chi connectivity index (χ4v) is 3.10. The number of nitrogens with two attached hydrogens (primary N) is 1. The first-order chi connectivity index (χ1) is 12.8. The van der Waals surface area contributed by atoms with E-state index in [1.807, 2.05) is 0 Å².